The quantitative estimate of drug-likeness (QED) is 0.461. The van der Waals surface area contributed by atoms with E-state index in [1.54, 1.807) is 22.3 Å². The van der Waals surface area contributed by atoms with Crippen LogP contribution in [0.15, 0.2) is 24.5 Å². The van der Waals surface area contributed by atoms with Gasteiger partial charge in [0, 0.05) is 37.6 Å². The first-order chi connectivity index (χ1) is 18.3. The molecule has 4 fully saturated rings. The summed E-state index contributed by atoms with van der Waals surface area (Å²) in [6.07, 6.45) is 15.1. The second kappa shape index (κ2) is 8.36. The van der Waals surface area contributed by atoms with Gasteiger partial charge in [0.05, 0.1) is 11.4 Å². The third-order valence-electron chi connectivity index (χ3n) is 12.8. The molecular weight excluding hydrogens is 464 g/mol. The highest BCUT2D eigenvalue weighted by Gasteiger charge is 2.53. The molecule has 0 spiro atoms. The van der Waals surface area contributed by atoms with E-state index in [2.05, 4.69) is 62.0 Å². The molecule has 10 rings (SSSR count). The van der Waals surface area contributed by atoms with Crippen LogP contribution in [0.1, 0.15) is 112 Å². The van der Waals surface area contributed by atoms with Crippen molar-refractivity contribution < 1.29 is 0 Å². The molecular formula is C34H46N4. The Morgan fingerprint density at radius 3 is 1.58 bits per heavy atom. The molecule has 0 amide bonds. The van der Waals surface area contributed by atoms with Gasteiger partial charge in [-0.25, -0.2) is 0 Å². The van der Waals surface area contributed by atoms with E-state index < -0.39 is 0 Å². The van der Waals surface area contributed by atoms with E-state index in [1.807, 2.05) is 0 Å². The number of pyridine rings is 2. The third-order valence-corrected chi connectivity index (χ3v) is 12.8. The summed E-state index contributed by atoms with van der Waals surface area (Å²) in [5.41, 5.74) is 9.88. The number of aromatic nitrogens is 2. The Morgan fingerprint density at radius 1 is 0.711 bits per heavy atom. The van der Waals surface area contributed by atoms with E-state index in [9.17, 15) is 0 Å². The van der Waals surface area contributed by atoms with Gasteiger partial charge in [0.2, 0.25) is 0 Å². The number of likely N-dealkylation sites (tertiary alicyclic amines) is 2. The molecule has 202 valence electrons. The summed E-state index contributed by atoms with van der Waals surface area (Å²) in [5.74, 6) is 3.21. The van der Waals surface area contributed by atoms with Gasteiger partial charge in [-0.2, -0.15) is 0 Å². The Kier molecular flexibility index (Phi) is 5.29. The molecule has 4 heterocycles. The van der Waals surface area contributed by atoms with Crippen molar-refractivity contribution >= 4 is 0 Å². The van der Waals surface area contributed by atoms with E-state index in [0.29, 0.717) is 22.9 Å². The van der Waals surface area contributed by atoms with E-state index in [4.69, 9.17) is 9.97 Å². The zero-order valence-electron chi connectivity index (χ0n) is 24.0. The lowest BCUT2D eigenvalue weighted by Crippen LogP contribution is -2.48. The van der Waals surface area contributed by atoms with Gasteiger partial charge in [-0.15, -0.1) is 0 Å². The highest BCUT2D eigenvalue weighted by molar-refractivity contribution is 5.40. The fourth-order valence-electron chi connectivity index (χ4n) is 9.96. The van der Waals surface area contributed by atoms with Crippen LogP contribution in [0.25, 0.3) is 0 Å². The highest BCUT2D eigenvalue weighted by Crippen LogP contribution is 2.63. The largest absolute Gasteiger partial charge is 0.293 e. The molecule has 0 unspecified atom stereocenters. The predicted molar refractivity (Wildman–Crippen MR) is 152 cm³/mol. The van der Waals surface area contributed by atoms with Gasteiger partial charge in [0.25, 0.3) is 0 Å². The maximum Gasteiger partial charge on any atom is 0.0547 e. The highest BCUT2D eigenvalue weighted by atomic mass is 15.3. The number of hydrogen-bond donors (Lipinski definition) is 0. The minimum atomic E-state index is 0.478. The summed E-state index contributed by atoms with van der Waals surface area (Å²) in [6, 6.07) is 6.28. The van der Waals surface area contributed by atoms with E-state index in [0.717, 1.165) is 36.8 Å². The minimum absolute atomic E-state index is 0.478. The first kappa shape index (κ1) is 24.1. The summed E-state index contributed by atoms with van der Waals surface area (Å²) >= 11 is 0. The second-order valence-corrected chi connectivity index (χ2v) is 15.1. The molecule has 2 aromatic rings. The van der Waals surface area contributed by atoms with Crippen molar-refractivity contribution in [2.45, 2.75) is 116 Å². The Labute approximate surface area is 229 Å². The molecule has 4 heteroatoms. The van der Waals surface area contributed by atoms with Crippen LogP contribution in [0.5, 0.6) is 0 Å². The summed E-state index contributed by atoms with van der Waals surface area (Å²) in [6.45, 7) is 14.4. The first-order valence-corrected chi connectivity index (χ1v) is 15.7. The topological polar surface area (TPSA) is 32.3 Å². The minimum Gasteiger partial charge on any atom is -0.293 e. The first-order valence-electron chi connectivity index (χ1n) is 15.7. The maximum atomic E-state index is 5.04. The molecule has 0 radical (unpaired) electrons. The molecule has 4 bridgehead atoms. The number of hydrogen-bond acceptors (Lipinski definition) is 4. The third kappa shape index (κ3) is 3.48. The zero-order chi connectivity index (χ0) is 25.8. The molecule has 6 atom stereocenters. The van der Waals surface area contributed by atoms with Gasteiger partial charge < -0.3 is 0 Å². The van der Waals surface area contributed by atoms with Crippen LogP contribution in [0.4, 0.5) is 0 Å². The lowest BCUT2D eigenvalue weighted by atomic mass is 9.48. The number of nitrogens with zero attached hydrogens (tertiary/aromatic N) is 4. The van der Waals surface area contributed by atoms with Crippen LogP contribution in [0.2, 0.25) is 0 Å². The van der Waals surface area contributed by atoms with E-state index in [1.165, 1.54) is 75.8 Å². The average molecular weight is 511 g/mol. The molecule has 6 aliphatic carbocycles. The average Bonchev–Trinajstić information content (AvgIpc) is 3.56. The monoisotopic (exact) mass is 510 g/mol. The lowest BCUT2D eigenvalue weighted by Gasteiger charge is -2.57. The molecule has 2 aliphatic heterocycles. The van der Waals surface area contributed by atoms with Gasteiger partial charge in [-0.05, 0) is 133 Å². The van der Waals surface area contributed by atoms with Crippen LogP contribution in [0, 0.1) is 22.7 Å². The summed E-state index contributed by atoms with van der Waals surface area (Å²) in [5, 5.41) is 0. The van der Waals surface area contributed by atoms with Crippen molar-refractivity contribution in [3.8, 4) is 0 Å². The smallest absolute Gasteiger partial charge is 0.0547 e. The van der Waals surface area contributed by atoms with Gasteiger partial charge in [-0.3, -0.25) is 19.8 Å². The summed E-state index contributed by atoms with van der Waals surface area (Å²) in [7, 11) is 0. The zero-order valence-corrected chi connectivity index (χ0v) is 24.0. The molecule has 2 aromatic heterocycles. The van der Waals surface area contributed by atoms with Gasteiger partial charge in [0.1, 0.15) is 0 Å². The number of rotatable bonds is 5. The van der Waals surface area contributed by atoms with E-state index in [-0.39, 0.29) is 0 Å². The van der Waals surface area contributed by atoms with Gasteiger partial charge in [0.15, 0.2) is 0 Å². The van der Waals surface area contributed by atoms with Crippen LogP contribution in [-0.2, 0) is 25.9 Å². The Morgan fingerprint density at radius 2 is 1.16 bits per heavy atom. The van der Waals surface area contributed by atoms with Crippen molar-refractivity contribution in [1.29, 1.82) is 0 Å². The van der Waals surface area contributed by atoms with Gasteiger partial charge >= 0.3 is 0 Å². The van der Waals surface area contributed by atoms with Crippen molar-refractivity contribution in [1.82, 2.24) is 19.8 Å². The Balaban J connectivity index is 0.965. The van der Waals surface area contributed by atoms with Crippen LogP contribution < -0.4 is 0 Å². The summed E-state index contributed by atoms with van der Waals surface area (Å²) in [4.78, 5) is 15.6. The van der Waals surface area contributed by atoms with Gasteiger partial charge in [-0.1, -0.05) is 27.7 Å². The molecule has 2 saturated heterocycles. The van der Waals surface area contributed by atoms with Crippen molar-refractivity contribution in [3.05, 3.63) is 58.2 Å². The van der Waals surface area contributed by atoms with Crippen LogP contribution >= 0.6 is 0 Å². The fourth-order valence-corrected chi connectivity index (χ4v) is 9.96. The van der Waals surface area contributed by atoms with Crippen molar-refractivity contribution in [2.75, 3.05) is 13.1 Å². The normalized spacial score (nSPS) is 36.3. The molecule has 0 N–H and O–H groups in total. The molecule has 4 nitrogen and oxygen atoms in total. The second-order valence-electron chi connectivity index (χ2n) is 15.1. The Hall–Kier alpha value is -1.78. The van der Waals surface area contributed by atoms with Crippen molar-refractivity contribution in [2.24, 2.45) is 22.7 Å². The molecule has 2 saturated carbocycles. The predicted octanol–water partition coefficient (Wildman–Crippen LogP) is 6.48. The lowest BCUT2D eigenvalue weighted by molar-refractivity contribution is 0.0181. The van der Waals surface area contributed by atoms with E-state index >= 15 is 0 Å². The standard InChI is InChI=1S/C34H46N4/c1-33(2)23-11-21-13-25(35-17-27(21)29(33)15-23)19-37-9-5-7-31(37)32-8-6-10-38(32)20-26-14-22-12-24-16-30(34(24,3)4)28(22)18-36-26/h13-14,17-18,23-24,29-32H,5-12,15-16,19-20H2,1-4H3/t23-,24-,29-,30-,31+,32+/m0/s1. The molecule has 0 aromatic carbocycles. The molecule has 38 heavy (non-hydrogen) atoms. The Bertz CT molecular complexity index is 1170. The maximum absolute atomic E-state index is 5.04. The SMILES string of the molecule is CC1(C)[C@H]2Cc3cc(CN4CCC[C@@H]4[C@H]4CCCN4Cc4cc5c(cn4)[C@@H]4C[C@H](C5)C4(C)C)ncc3[C@@H]1C2. The van der Waals surface area contributed by atoms with Crippen LogP contribution in [0.3, 0.4) is 0 Å². The fraction of sp³-hybridized carbons (Fsp3) is 0.706. The molecule has 8 aliphatic rings. The van der Waals surface area contributed by atoms with Crippen molar-refractivity contribution in [3.63, 3.8) is 0 Å². The summed E-state index contributed by atoms with van der Waals surface area (Å²) < 4.78 is 0. The van der Waals surface area contributed by atoms with Crippen LogP contribution in [-0.4, -0.2) is 44.9 Å².